The number of nitrogens with one attached hydrogen (secondary N) is 2. The standard InChI is InChI=1S/C12H11N5O4/c18-11(5-9-6-12(19)16-14-9)15-13-7-8-3-1-2-4-10(8)17(20)21/h1-4,7H,5-6H2,(H,15,18)(H,16,19). The number of benzene rings is 1. The van der Waals surface area contributed by atoms with Gasteiger partial charge in [0, 0.05) is 6.07 Å². The van der Waals surface area contributed by atoms with E-state index >= 15 is 0 Å². The second-order valence-corrected chi connectivity index (χ2v) is 4.18. The van der Waals surface area contributed by atoms with Crippen molar-refractivity contribution in [2.45, 2.75) is 12.8 Å². The molecule has 0 saturated heterocycles. The molecule has 0 spiro atoms. The summed E-state index contributed by atoms with van der Waals surface area (Å²) in [6, 6.07) is 6.02. The molecule has 1 aromatic carbocycles. The highest BCUT2D eigenvalue weighted by Crippen LogP contribution is 2.14. The van der Waals surface area contributed by atoms with Gasteiger partial charge >= 0.3 is 0 Å². The molecule has 108 valence electrons. The van der Waals surface area contributed by atoms with Crippen LogP contribution < -0.4 is 10.9 Å². The molecule has 9 nitrogen and oxygen atoms in total. The normalized spacial score (nSPS) is 13.9. The fourth-order valence-electron chi connectivity index (χ4n) is 1.67. The Morgan fingerprint density at radius 2 is 2.29 bits per heavy atom. The summed E-state index contributed by atoms with van der Waals surface area (Å²) in [4.78, 5) is 32.7. The first-order valence-electron chi connectivity index (χ1n) is 5.96. The van der Waals surface area contributed by atoms with Gasteiger partial charge in [0.05, 0.1) is 35.3 Å². The Bertz CT molecular complexity index is 653. The van der Waals surface area contributed by atoms with Crippen LogP contribution in [0.25, 0.3) is 0 Å². The molecule has 1 aliphatic heterocycles. The molecule has 0 unspecified atom stereocenters. The number of carbonyl (C=O) groups is 2. The Labute approximate surface area is 118 Å². The molecule has 0 saturated carbocycles. The van der Waals surface area contributed by atoms with Crippen LogP contribution in [0.3, 0.4) is 0 Å². The molecule has 1 aromatic rings. The van der Waals surface area contributed by atoms with E-state index in [0.29, 0.717) is 5.71 Å². The fourth-order valence-corrected chi connectivity index (χ4v) is 1.67. The molecule has 0 aromatic heterocycles. The highest BCUT2D eigenvalue weighted by Gasteiger charge is 2.17. The van der Waals surface area contributed by atoms with Crippen LogP contribution in [0.5, 0.6) is 0 Å². The highest BCUT2D eigenvalue weighted by atomic mass is 16.6. The lowest BCUT2D eigenvalue weighted by Crippen LogP contribution is -2.20. The van der Waals surface area contributed by atoms with E-state index in [2.05, 4.69) is 21.1 Å². The Morgan fingerprint density at radius 1 is 1.52 bits per heavy atom. The molecule has 2 amide bonds. The lowest BCUT2D eigenvalue weighted by Gasteiger charge is -1.99. The Balaban J connectivity index is 1.92. The minimum atomic E-state index is -0.534. The number of nitro benzene ring substituents is 1. The van der Waals surface area contributed by atoms with Gasteiger partial charge in [-0.1, -0.05) is 12.1 Å². The summed E-state index contributed by atoms with van der Waals surface area (Å²) in [5.74, 6) is -0.721. The van der Waals surface area contributed by atoms with Gasteiger partial charge in [-0.05, 0) is 6.07 Å². The van der Waals surface area contributed by atoms with Crippen LogP contribution in [0.15, 0.2) is 34.5 Å². The SMILES string of the molecule is O=C(CC1=NNC(=O)C1)NN=Cc1ccccc1[N+](=O)[O-]. The van der Waals surface area contributed by atoms with Crippen molar-refractivity contribution >= 4 is 29.4 Å². The Hall–Kier alpha value is -3.10. The van der Waals surface area contributed by atoms with E-state index in [1.807, 2.05) is 0 Å². The third-order valence-electron chi connectivity index (χ3n) is 2.59. The average molecular weight is 289 g/mol. The summed E-state index contributed by atoms with van der Waals surface area (Å²) in [5.41, 5.74) is 5.04. The van der Waals surface area contributed by atoms with Gasteiger partial charge in [0.15, 0.2) is 0 Å². The van der Waals surface area contributed by atoms with Crippen molar-refractivity contribution in [3.63, 3.8) is 0 Å². The zero-order valence-corrected chi connectivity index (χ0v) is 10.8. The number of hydrogen-bond acceptors (Lipinski definition) is 6. The molecular weight excluding hydrogens is 278 g/mol. The summed E-state index contributed by atoms with van der Waals surface area (Å²) in [6.45, 7) is 0. The van der Waals surface area contributed by atoms with Crippen molar-refractivity contribution in [1.29, 1.82) is 0 Å². The molecule has 1 aliphatic rings. The number of para-hydroxylation sites is 1. The summed E-state index contributed by atoms with van der Waals surface area (Å²) < 4.78 is 0. The smallest absolute Gasteiger partial charge is 0.273 e. The molecule has 2 N–H and O–H groups in total. The Kier molecular flexibility index (Phi) is 4.34. The van der Waals surface area contributed by atoms with Gasteiger partial charge in [-0.15, -0.1) is 0 Å². The fraction of sp³-hybridized carbons (Fsp3) is 0.167. The van der Waals surface area contributed by atoms with Gasteiger partial charge in [-0.25, -0.2) is 10.9 Å². The number of hydrazone groups is 2. The minimum Gasteiger partial charge on any atom is -0.273 e. The number of hydrogen-bond donors (Lipinski definition) is 2. The van der Waals surface area contributed by atoms with E-state index < -0.39 is 10.8 Å². The van der Waals surface area contributed by atoms with E-state index in [1.165, 1.54) is 24.4 Å². The van der Waals surface area contributed by atoms with Crippen molar-refractivity contribution in [2.75, 3.05) is 0 Å². The van der Waals surface area contributed by atoms with E-state index in [-0.39, 0.29) is 30.0 Å². The zero-order chi connectivity index (χ0) is 15.2. The highest BCUT2D eigenvalue weighted by molar-refractivity contribution is 6.11. The second-order valence-electron chi connectivity index (χ2n) is 4.18. The van der Waals surface area contributed by atoms with Gasteiger partial charge in [0.1, 0.15) is 0 Å². The van der Waals surface area contributed by atoms with Crippen molar-refractivity contribution < 1.29 is 14.5 Å². The molecule has 0 bridgehead atoms. The molecule has 9 heteroatoms. The summed E-state index contributed by atoms with van der Waals surface area (Å²) >= 11 is 0. The maximum absolute atomic E-state index is 11.5. The lowest BCUT2D eigenvalue weighted by molar-refractivity contribution is -0.385. The molecule has 1 heterocycles. The first-order valence-corrected chi connectivity index (χ1v) is 5.96. The van der Waals surface area contributed by atoms with Crippen LogP contribution in [-0.4, -0.2) is 28.7 Å². The largest absolute Gasteiger partial charge is 0.278 e. The van der Waals surface area contributed by atoms with Crippen LogP contribution >= 0.6 is 0 Å². The second kappa shape index (κ2) is 6.37. The molecule has 0 radical (unpaired) electrons. The summed E-state index contributed by atoms with van der Waals surface area (Å²) in [7, 11) is 0. The number of amides is 2. The van der Waals surface area contributed by atoms with Gasteiger partial charge < -0.3 is 0 Å². The van der Waals surface area contributed by atoms with Gasteiger partial charge in [-0.3, -0.25) is 19.7 Å². The van der Waals surface area contributed by atoms with Crippen LogP contribution in [0.2, 0.25) is 0 Å². The predicted octanol–water partition coefficient (Wildman–Crippen LogP) is 0.311. The quantitative estimate of drug-likeness (QED) is 0.459. The van der Waals surface area contributed by atoms with E-state index in [9.17, 15) is 19.7 Å². The maximum Gasteiger partial charge on any atom is 0.278 e. The van der Waals surface area contributed by atoms with Gasteiger partial charge in [0.25, 0.3) is 5.69 Å². The van der Waals surface area contributed by atoms with Crippen LogP contribution in [0, 0.1) is 10.1 Å². The minimum absolute atomic E-state index is 0.0625. The number of nitro groups is 1. The average Bonchev–Trinajstić information content (AvgIpc) is 2.84. The molecule has 0 atom stereocenters. The maximum atomic E-state index is 11.5. The van der Waals surface area contributed by atoms with Crippen molar-refractivity contribution in [3.8, 4) is 0 Å². The Morgan fingerprint density at radius 3 is 2.95 bits per heavy atom. The first-order chi connectivity index (χ1) is 10.1. The summed E-state index contributed by atoms with van der Waals surface area (Å²) in [5, 5.41) is 18.1. The number of nitrogens with zero attached hydrogens (tertiary/aromatic N) is 3. The topological polar surface area (TPSA) is 126 Å². The molecule has 0 aliphatic carbocycles. The van der Waals surface area contributed by atoms with Crippen LogP contribution in [0.1, 0.15) is 18.4 Å². The zero-order valence-electron chi connectivity index (χ0n) is 10.8. The molecule has 21 heavy (non-hydrogen) atoms. The van der Waals surface area contributed by atoms with Crippen LogP contribution in [0.4, 0.5) is 5.69 Å². The third-order valence-corrected chi connectivity index (χ3v) is 2.59. The first kappa shape index (κ1) is 14.3. The van der Waals surface area contributed by atoms with Crippen molar-refractivity contribution in [1.82, 2.24) is 10.9 Å². The third kappa shape index (κ3) is 3.93. The van der Waals surface area contributed by atoms with Gasteiger partial charge in [0.2, 0.25) is 11.8 Å². The van der Waals surface area contributed by atoms with E-state index in [1.54, 1.807) is 6.07 Å². The molecule has 0 fully saturated rings. The van der Waals surface area contributed by atoms with E-state index in [0.717, 1.165) is 0 Å². The predicted molar refractivity (Wildman–Crippen MR) is 73.6 cm³/mol. The number of carbonyl (C=O) groups excluding carboxylic acids is 2. The molecule has 2 rings (SSSR count). The number of rotatable bonds is 5. The van der Waals surface area contributed by atoms with Crippen molar-refractivity contribution in [3.05, 3.63) is 39.9 Å². The van der Waals surface area contributed by atoms with Crippen LogP contribution in [-0.2, 0) is 9.59 Å². The summed E-state index contributed by atoms with van der Waals surface area (Å²) in [6.07, 6.45) is 1.21. The van der Waals surface area contributed by atoms with Gasteiger partial charge in [-0.2, -0.15) is 10.2 Å². The van der Waals surface area contributed by atoms with E-state index in [4.69, 9.17) is 0 Å². The monoisotopic (exact) mass is 289 g/mol. The van der Waals surface area contributed by atoms with Crippen molar-refractivity contribution in [2.24, 2.45) is 10.2 Å². The lowest BCUT2D eigenvalue weighted by atomic mass is 10.2. The molecular formula is C12H11N5O4.